The Labute approximate surface area is 115 Å². The predicted molar refractivity (Wildman–Crippen MR) is 75.8 cm³/mol. The van der Waals surface area contributed by atoms with Crippen LogP contribution in [0.15, 0.2) is 35.7 Å². The number of aromatic nitrogens is 3. The molecule has 0 fully saturated rings. The van der Waals surface area contributed by atoms with Gasteiger partial charge in [-0.3, -0.25) is 4.79 Å². The van der Waals surface area contributed by atoms with Gasteiger partial charge in [0, 0.05) is 30.6 Å². The summed E-state index contributed by atoms with van der Waals surface area (Å²) < 4.78 is 1.82. The Kier molecular flexibility index (Phi) is 4.40. The number of hydrogen-bond acceptors (Lipinski definition) is 5. The molecular formula is C12H15N5OS. The first-order valence-corrected chi connectivity index (χ1v) is 6.76. The van der Waals surface area contributed by atoms with Gasteiger partial charge >= 0.3 is 0 Å². The number of carbonyl (C=O) groups is 1. The molecule has 3 N–H and O–H groups in total. The first kappa shape index (κ1) is 13.4. The molecule has 1 aromatic heterocycles. The first-order chi connectivity index (χ1) is 9.15. The van der Waals surface area contributed by atoms with E-state index in [1.165, 1.54) is 11.8 Å². The van der Waals surface area contributed by atoms with Crippen molar-refractivity contribution in [2.24, 2.45) is 7.05 Å². The van der Waals surface area contributed by atoms with Gasteiger partial charge < -0.3 is 15.6 Å². The molecule has 0 bridgehead atoms. The molecule has 6 nitrogen and oxygen atoms in total. The van der Waals surface area contributed by atoms with Crippen LogP contribution in [-0.4, -0.2) is 26.4 Å². The number of thioether (sulfide) groups is 1. The lowest BCUT2D eigenvalue weighted by Gasteiger charge is -2.05. The van der Waals surface area contributed by atoms with E-state index in [2.05, 4.69) is 15.5 Å². The Balaban J connectivity index is 1.76. The number of nitrogen functional groups attached to an aromatic ring is 1. The van der Waals surface area contributed by atoms with Crippen LogP contribution >= 0.6 is 11.8 Å². The molecular weight excluding hydrogens is 262 g/mol. The molecule has 0 unspecified atom stereocenters. The van der Waals surface area contributed by atoms with E-state index >= 15 is 0 Å². The second-order valence-corrected chi connectivity index (χ2v) is 5.06. The number of benzene rings is 1. The van der Waals surface area contributed by atoms with Gasteiger partial charge in [0.25, 0.3) is 0 Å². The maximum Gasteiger partial charge on any atom is 0.225 e. The lowest BCUT2D eigenvalue weighted by molar-refractivity contribution is -0.115. The summed E-state index contributed by atoms with van der Waals surface area (Å²) >= 11 is 1.50. The number of aryl methyl sites for hydroxylation is 1. The summed E-state index contributed by atoms with van der Waals surface area (Å²) in [5.41, 5.74) is 7.00. The van der Waals surface area contributed by atoms with Gasteiger partial charge in [-0.25, -0.2) is 0 Å². The van der Waals surface area contributed by atoms with Crippen molar-refractivity contribution in [3.8, 4) is 0 Å². The van der Waals surface area contributed by atoms with Gasteiger partial charge in [0.15, 0.2) is 5.16 Å². The van der Waals surface area contributed by atoms with E-state index in [-0.39, 0.29) is 5.91 Å². The molecule has 0 saturated heterocycles. The van der Waals surface area contributed by atoms with Gasteiger partial charge in [0.05, 0.1) is 0 Å². The molecule has 100 valence electrons. The van der Waals surface area contributed by atoms with Gasteiger partial charge in [-0.15, -0.1) is 10.2 Å². The van der Waals surface area contributed by atoms with Crippen molar-refractivity contribution in [3.63, 3.8) is 0 Å². The molecule has 2 aromatic rings. The zero-order valence-corrected chi connectivity index (χ0v) is 11.4. The topological polar surface area (TPSA) is 85.8 Å². The van der Waals surface area contributed by atoms with Crippen molar-refractivity contribution in [2.75, 3.05) is 16.8 Å². The molecule has 1 heterocycles. The molecule has 7 heteroatoms. The molecule has 0 aliphatic heterocycles. The summed E-state index contributed by atoms with van der Waals surface area (Å²) in [6.45, 7) is 0. The summed E-state index contributed by atoms with van der Waals surface area (Å²) in [5, 5.41) is 11.3. The maximum atomic E-state index is 11.7. The summed E-state index contributed by atoms with van der Waals surface area (Å²) in [6, 6.07) is 7.07. The molecule has 0 saturated carbocycles. The van der Waals surface area contributed by atoms with Crippen LogP contribution in [0, 0.1) is 0 Å². The number of nitrogens with two attached hydrogens (primary N) is 1. The Morgan fingerprint density at radius 2 is 2.16 bits per heavy atom. The van der Waals surface area contributed by atoms with Crippen LogP contribution in [0.1, 0.15) is 6.42 Å². The van der Waals surface area contributed by atoms with E-state index in [4.69, 9.17) is 5.73 Å². The fourth-order valence-corrected chi connectivity index (χ4v) is 2.25. The highest BCUT2D eigenvalue weighted by Crippen LogP contribution is 2.15. The van der Waals surface area contributed by atoms with Crippen LogP contribution in [0.4, 0.5) is 11.4 Å². The lowest BCUT2D eigenvalue weighted by Crippen LogP contribution is -2.12. The van der Waals surface area contributed by atoms with Gasteiger partial charge in [-0.05, 0) is 24.3 Å². The Bertz CT molecular complexity index is 552. The maximum absolute atomic E-state index is 11.7. The number of nitrogens with one attached hydrogen (secondary N) is 1. The second kappa shape index (κ2) is 6.24. The van der Waals surface area contributed by atoms with E-state index in [0.29, 0.717) is 17.9 Å². The van der Waals surface area contributed by atoms with Crippen molar-refractivity contribution >= 4 is 29.0 Å². The second-order valence-electron chi connectivity index (χ2n) is 3.99. The zero-order valence-electron chi connectivity index (χ0n) is 10.5. The van der Waals surface area contributed by atoms with Crippen LogP contribution in [0.25, 0.3) is 0 Å². The van der Waals surface area contributed by atoms with Crippen molar-refractivity contribution in [1.82, 2.24) is 14.8 Å². The highest BCUT2D eigenvalue weighted by Gasteiger charge is 2.05. The van der Waals surface area contributed by atoms with E-state index < -0.39 is 0 Å². The molecule has 0 spiro atoms. The van der Waals surface area contributed by atoms with Gasteiger partial charge in [-0.2, -0.15) is 0 Å². The van der Waals surface area contributed by atoms with Crippen molar-refractivity contribution in [3.05, 3.63) is 30.6 Å². The largest absolute Gasteiger partial charge is 0.399 e. The van der Waals surface area contributed by atoms with Gasteiger partial charge in [0.2, 0.25) is 5.91 Å². The Hall–Kier alpha value is -2.02. The highest BCUT2D eigenvalue weighted by molar-refractivity contribution is 7.99. The molecule has 0 radical (unpaired) electrons. The number of amides is 1. The fraction of sp³-hybridized carbons (Fsp3) is 0.250. The molecule has 0 aliphatic carbocycles. The van der Waals surface area contributed by atoms with E-state index in [1.54, 1.807) is 30.6 Å². The molecule has 2 rings (SSSR count). The van der Waals surface area contributed by atoms with Gasteiger partial charge in [-0.1, -0.05) is 11.8 Å². The summed E-state index contributed by atoms with van der Waals surface area (Å²) in [5.74, 6) is 0.632. The Morgan fingerprint density at radius 3 is 2.79 bits per heavy atom. The summed E-state index contributed by atoms with van der Waals surface area (Å²) in [7, 11) is 1.87. The van der Waals surface area contributed by atoms with Crippen molar-refractivity contribution in [2.45, 2.75) is 11.6 Å². The molecule has 0 aliphatic rings. The average molecular weight is 277 g/mol. The number of carbonyl (C=O) groups excluding carboxylic acids is 1. The number of anilines is 2. The standard InChI is InChI=1S/C12H15N5OS/c1-17-8-14-16-12(17)19-7-6-11(18)15-10-4-2-9(13)3-5-10/h2-5,8H,6-7,13H2,1H3,(H,15,18). The molecule has 1 aromatic carbocycles. The Morgan fingerprint density at radius 1 is 1.42 bits per heavy atom. The SMILES string of the molecule is Cn1cnnc1SCCC(=O)Nc1ccc(N)cc1. The minimum Gasteiger partial charge on any atom is -0.399 e. The third kappa shape index (κ3) is 3.99. The molecule has 1 amide bonds. The van der Waals surface area contributed by atoms with E-state index in [1.807, 2.05) is 11.6 Å². The van der Waals surface area contributed by atoms with Crippen LogP contribution < -0.4 is 11.1 Å². The lowest BCUT2D eigenvalue weighted by atomic mass is 10.3. The fourth-order valence-electron chi connectivity index (χ4n) is 1.43. The predicted octanol–water partition coefficient (Wildman–Crippen LogP) is 1.52. The van der Waals surface area contributed by atoms with Crippen LogP contribution in [0.3, 0.4) is 0 Å². The molecule has 19 heavy (non-hydrogen) atoms. The van der Waals surface area contributed by atoms with Crippen LogP contribution in [0.2, 0.25) is 0 Å². The number of nitrogens with zero attached hydrogens (tertiary/aromatic N) is 3. The minimum absolute atomic E-state index is 0.0283. The van der Waals surface area contributed by atoms with E-state index in [0.717, 1.165) is 10.8 Å². The van der Waals surface area contributed by atoms with Crippen molar-refractivity contribution in [1.29, 1.82) is 0 Å². The third-order valence-corrected chi connectivity index (χ3v) is 3.46. The van der Waals surface area contributed by atoms with Gasteiger partial charge in [0.1, 0.15) is 6.33 Å². The van der Waals surface area contributed by atoms with Crippen molar-refractivity contribution < 1.29 is 4.79 Å². The highest BCUT2D eigenvalue weighted by atomic mass is 32.2. The monoisotopic (exact) mass is 277 g/mol. The first-order valence-electron chi connectivity index (χ1n) is 5.77. The number of hydrogen-bond donors (Lipinski definition) is 2. The summed E-state index contributed by atoms with van der Waals surface area (Å²) in [6.07, 6.45) is 2.05. The smallest absolute Gasteiger partial charge is 0.225 e. The molecule has 0 atom stereocenters. The number of rotatable bonds is 5. The van der Waals surface area contributed by atoms with Crippen LogP contribution in [0.5, 0.6) is 0 Å². The quantitative estimate of drug-likeness (QED) is 0.639. The third-order valence-electron chi connectivity index (χ3n) is 2.42. The average Bonchev–Trinajstić information content (AvgIpc) is 2.78. The summed E-state index contributed by atoms with van der Waals surface area (Å²) in [4.78, 5) is 11.7. The zero-order chi connectivity index (χ0) is 13.7. The minimum atomic E-state index is -0.0283. The normalized spacial score (nSPS) is 10.4. The van der Waals surface area contributed by atoms with E-state index in [9.17, 15) is 4.79 Å². The van der Waals surface area contributed by atoms with Crippen LogP contribution in [-0.2, 0) is 11.8 Å².